The lowest BCUT2D eigenvalue weighted by Crippen LogP contribution is -2.36. The summed E-state index contributed by atoms with van der Waals surface area (Å²) in [5, 5.41) is 10.4. The zero-order chi connectivity index (χ0) is 14.3. The van der Waals surface area contributed by atoms with E-state index in [0.717, 1.165) is 12.8 Å². The van der Waals surface area contributed by atoms with Gasteiger partial charge in [-0.15, -0.1) is 0 Å². The third kappa shape index (κ3) is 1.69. The Bertz CT molecular complexity index is 465. The van der Waals surface area contributed by atoms with Crippen molar-refractivity contribution < 1.29 is 24.1 Å². The second-order valence-corrected chi connectivity index (χ2v) is 7.33. The second kappa shape index (κ2) is 3.76. The van der Waals surface area contributed by atoms with Crippen molar-refractivity contribution in [1.82, 2.24) is 0 Å². The molecule has 0 unspecified atom stereocenters. The van der Waals surface area contributed by atoms with Crippen LogP contribution in [-0.4, -0.2) is 46.7 Å². The standard InChI is InChI=1S/C15H22O5/c1-7-8-4-12-15(3,20-12)10(16)5-11-14(2,19-11)6-9(8)18-13(7)17/h7-12,16H,4-6H2,1-3H3/t7-,8+,9-,10-,11+,12+,14+,15+/m0/s1. The topological polar surface area (TPSA) is 71.6 Å². The van der Waals surface area contributed by atoms with Crippen LogP contribution in [0.3, 0.4) is 0 Å². The molecule has 3 saturated heterocycles. The van der Waals surface area contributed by atoms with Crippen LogP contribution in [-0.2, 0) is 19.0 Å². The van der Waals surface area contributed by atoms with Gasteiger partial charge in [0.25, 0.3) is 0 Å². The molecule has 1 aliphatic carbocycles. The van der Waals surface area contributed by atoms with Gasteiger partial charge in [0.05, 0.1) is 29.8 Å². The van der Waals surface area contributed by atoms with Crippen molar-refractivity contribution >= 4 is 5.97 Å². The largest absolute Gasteiger partial charge is 0.462 e. The van der Waals surface area contributed by atoms with E-state index in [1.54, 1.807) is 0 Å². The molecule has 0 spiro atoms. The summed E-state index contributed by atoms with van der Waals surface area (Å²) in [5.74, 6) is -0.0323. The van der Waals surface area contributed by atoms with Crippen LogP contribution in [0.2, 0.25) is 0 Å². The molecule has 0 aromatic carbocycles. The summed E-state index contributed by atoms with van der Waals surface area (Å²) in [4.78, 5) is 11.9. The normalized spacial score (nSPS) is 60.9. The Hall–Kier alpha value is -0.650. The van der Waals surface area contributed by atoms with Gasteiger partial charge in [0.15, 0.2) is 0 Å². The lowest BCUT2D eigenvalue weighted by atomic mass is 9.79. The SMILES string of the molecule is C[C@@H]1C(=O)O[C@H]2C[C@@]3(C)O[C@@H]3C[C@H](O)[C@@]3(C)O[C@@H]3C[C@@H]21. The number of hydrogen-bond acceptors (Lipinski definition) is 5. The van der Waals surface area contributed by atoms with Crippen molar-refractivity contribution in [2.75, 3.05) is 0 Å². The number of aliphatic hydroxyl groups is 1. The molecule has 5 heteroatoms. The Morgan fingerprint density at radius 2 is 1.95 bits per heavy atom. The van der Waals surface area contributed by atoms with Gasteiger partial charge in [-0.25, -0.2) is 0 Å². The lowest BCUT2D eigenvalue weighted by Gasteiger charge is -2.23. The minimum absolute atomic E-state index is 0.0325. The van der Waals surface area contributed by atoms with Gasteiger partial charge in [0.2, 0.25) is 0 Å². The molecule has 0 bridgehead atoms. The van der Waals surface area contributed by atoms with Crippen molar-refractivity contribution in [3.63, 3.8) is 0 Å². The molecular weight excluding hydrogens is 260 g/mol. The van der Waals surface area contributed by atoms with Crippen molar-refractivity contribution in [1.29, 1.82) is 0 Å². The highest BCUT2D eigenvalue weighted by Crippen LogP contribution is 2.54. The van der Waals surface area contributed by atoms with Gasteiger partial charge in [-0.3, -0.25) is 4.79 Å². The van der Waals surface area contributed by atoms with E-state index in [1.165, 1.54) is 0 Å². The van der Waals surface area contributed by atoms with Crippen molar-refractivity contribution in [3.8, 4) is 0 Å². The molecule has 3 aliphatic heterocycles. The molecule has 1 N–H and O–H groups in total. The number of carbonyl (C=O) groups excluding carboxylic acids is 1. The number of ether oxygens (including phenoxy) is 3. The smallest absolute Gasteiger partial charge is 0.309 e. The second-order valence-electron chi connectivity index (χ2n) is 7.33. The van der Waals surface area contributed by atoms with Crippen LogP contribution in [0.5, 0.6) is 0 Å². The number of hydrogen-bond donors (Lipinski definition) is 1. The van der Waals surface area contributed by atoms with E-state index in [-0.39, 0.29) is 41.7 Å². The first-order valence-electron chi connectivity index (χ1n) is 7.58. The number of epoxide rings is 2. The Morgan fingerprint density at radius 1 is 1.20 bits per heavy atom. The van der Waals surface area contributed by atoms with E-state index >= 15 is 0 Å². The summed E-state index contributed by atoms with van der Waals surface area (Å²) in [6.45, 7) is 5.94. The summed E-state index contributed by atoms with van der Waals surface area (Å²) in [6.07, 6.45) is 1.63. The van der Waals surface area contributed by atoms with E-state index in [0.29, 0.717) is 6.42 Å². The number of aliphatic hydroxyl groups excluding tert-OH is 1. The summed E-state index contributed by atoms with van der Waals surface area (Å²) >= 11 is 0. The zero-order valence-corrected chi connectivity index (χ0v) is 12.2. The molecule has 112 valence electrons. The van der Waals surface area contributed by atoms with E-state index in [1.807, 2.05) is 20.8 Å². The average Bonchev–Trinajstić information content (AvgIpc) is 3.18. The maximum atomic E-state index is 11.9. The molecule has 3 heterocycles. The molecule has 0 aromatic heterocycles. The van der Waals surface area contributed by atoms with Crippen molar-refractivity contribution in [2.45, 2.75) is 75.7 Å². The van der Waals surface area contributed by atoms with Crippen LogP contribution in [0.15, 0.2) is 0 Å². The van der Waals surface area contributed by atoms with Crippen molar-refractivity contribution in [3.05, 3.63) is 0 Å². The molecule has 0 aromatic rings. The van der Waals surface area contributed by atoms with Crippen LogP contribution in [0.1, 0.15) is 40.0 Å². The summed E-state index contributed by atoms with van der Waals surface area (Å²) < 4.78 is 17.1. The monoisotopic (exact) mass is 282 g/mol. The molecule has 4 aliphatic rings. The van der Waals surface area contributed by atoms with Gasteiger partial charge < -0.3 is 19.3 Å². The molecule has 4 fully saturated rings. The fourth-order valence-corrected chi connectivity index (χ4v) is 4.09. The highest BCUT2D eigenvalue weighted by atomic mass is 16.6. The van der Waals surface area contributed by atoms with E-state index in [2.05, 4.69) is 0 Å². The molecule has 5 nitrogen and oxygen atoms in total. The van der Waals surface area contributed by atoms with Gasteiger partial charge in [-0.2, -0.15) is 0 Å². The van der Waals surface area contributed by atoms with Crippen LogP contribution >= 0.6 is 0 Å². The molecule has 0 radical (unpaired) electrons. The summed E-state index contributed by atoms with van der Waals surface area (Å²) in [6, 6.07) is 0. The van der Waals surface area contributed by atoms with Gasteiger partial charge in [-0.1, -0.05) is 6.92 Å². The maximum Gasteiger partial charge on any atom is 0.309 e. The fraction of sp³-hybridized carbons (Fsp3) is 0.933. The summed E-state index contributed by atoms with van der Waals surface area (Å²) in [5.41, 5.74) is -0.730. The highest BCUT2D eigenvalue weighted by Gasteiger charge is 2.65. The lowest BCUT2D eigenvalue weighted by molar-refractivity contribution is -0.144. The number of carbonyl (C=O) groups is 1. The van der Waals surface area contributed by atoms with E-state index < -0.39 is 11.7 Å². The third-order valence-electron chi connectivity index (χ3n) is 5.96. The molecular formula is C15H22O5. The third-order valence-corrected chi connectivity index (χ3v) is 5.96. The van der Waals surface area contributed by atoms with Crippen LogP contribution in [0, 0.1) is 11.8 Å². The Kier molecular flexibility index (Phi) is 2.45. The molecule has 0 amide bonds. The van der Waals surface area contributed by atoms with Gasteiger partial charge in [0.1, 0.15) is 11.7 Å². The first-order valence-corrected chi connectivity index (χ1v) is 7.58. The Balaban J connectivity index is 1.62. The van der Waals surface area contributed by atoms with Gasteiger partial charge in [-0.05, 0) is 20.3 Å². The van der Waals surface area contributed by atoms with E-state index in [4.69, 9.17) is 14.2 Å². The first kappa shape index (κ1) is 13.0. The predicted molar refractivity (Wildman–Crippen MR) is 68.9 cm³/mol. The zero-order valence-electron chi connectivity index (χ0n) is 12.2. The minimum Gasteiger partial charge on any atom is -0.462 e. The molecule has 8 atom stereocenters. The number of fused-ring (bicyclic) bond motifs is 3. The number of rotatable bonds is 0. The Labute approximate surface area is 118 Å². The molecule has 1 saturated carbocycles. The van der Waals surface area contributed by atoms with Crippen LogP contribution < -0.4 is 0 Å². The highest BCUT2D eigenvalue weighted by molar-refractivity contribution is 5.74. The average molecular weight is 282 g/mol. The van der Waals surface area contributed by atoms with Crippen LogP contribution in [0.4, 0.5) is 0 Å². The predicted octanol–water partition coefficient (Wildman–Crippen LogP) is 1.02. The minimum atomic E-state index is -0.496. The molecule has 20 heavy (non-hydrogen) atoms. The molecule has 4 rings (SSSR count). The van der Waals surface area contributed by atoms with Crippen LogP contribution in [0.25, 0.3) is 0 Å². The fourth-order valence-electron chi connectivity index (χ4n) is 4.09. The van der Waals surface area contributed by atoms with Gasteiger partial charge in [0, 0.05) is 18.8 Å². The number of esters is 1. The quantitative estimate of drug-likeness (QED) is 0.530. The van der Waals surface area contributed by atoms with Crippen molar-refractivity contribution in [2.24, 2.45) is 11.8 Å². The maximum absolute atomic E-state index is 11.9. The Morgan fingerprint density at radius 3 is 2.70 bits per heavy atom. The van der Waals surface area contributed by atoms with Gasteiger partial charge >= 0.3 is 5.97 Å². The summed E-state index contributed by atoms with van der Waals surface area (Å²) in [7, 11) is 0. The van der Waals surface area contributed by atoms with E-state index in [9.17, 15) is 9.90 Å². The first-order chi connectivity index (χ1) is 9.33.